The lowest BCUT2D eigenvalue weighted by molar-refractivity contribution is 0.0754. The zero-order valence-electron chi connectivity index (χ0n) is 31.8. The van der Waals surface area contributed by atoms with Gasteiger partial charge in [-0.05, 0) is 90.8 Å². The summed E-state index contributed by atoms with van der Waals surface area (Å²) in [6, 6.07) is 9.93. The first kappa shape index (κ1) is 42.5. The Morgan fingerprint density at radius 1 is 1.02 bits per heavy atom. The van der Waals surface area contributed by atoms with E-state index >= 15 is 4.79 Å². The first-order chi connectivity index (χ1) is 25.1. The van der Waals surface area contributed by atoms with Crippen molar-refractivity contribution in [2.75, 3.05) is 51.3 Å². The molecule has 11 nitrogen and oxygen atoms in total. The minimum atomic E-state index is -4.15. The normalized spacial score (nSPS) is 24.1. The number of sulfone groups is 1. The summed E-state index contributed by atoms with van der Waals surface area (Å²) in [6.45, 7) is 13.7. The van der Waals surface area contributed by atoms with Crippen LogP contribution in [-0.2, 0) is 25.4 Å². The van der Waals surface area contributed by atoms with Crippen LogP contribution in [0, 0.1) is 5.92 Å². The van der Waals surface area contributed by atoms with Gasteiger partial charge in [0.15, 0.2) is 0 Å². The predicted molar refractivity (Wildman–Crippen MR) is 217 cm³/mol. The van der Waals surface area contributed by atoms with E-state index in [9.17, 15) is 16.8 Å². The van der Waals surface area contributed by atoms with Crippen molar-refractivity contribution >= 4 is 66.5 Å². The topological polar surface area (TPSA) is 129 Å². The van der Waals surface area contributed by atoms with Crippen LogP contribution < -0.4 is 9.46 Å². The Morgan fingerprint density at radius 3 is 2.22 bits per heavy atom. The number of allylic oxidation sites excluding steroid dienone is 3. The zero-order chi connectivity index (χ0) is 39.9. The molecule has 2 heterocycles. The fraction of sp³-hybridized carbons (Fsp3) is 0.526. The van der Waals surface area contributed by atoms with Crippen LogP contribution in [0.15, 0.2) is 69.5 Å². The van der Waals surface area contributed by atoms with E-state index < -0.39 is 36.5 Å². The Morgan fingerprint density at radius 2 is 1.67 bits per heavy atom. The highest BCUT2D eigenvalue weighted by atomic mass is 35.5. The van der Waals surface area contributed by atoms with E-state index in [1.807, 2.05) is 51.1 Å². The van der Waals surface area contributed by atoms with Gasteiger partial charge in [-0.1, -0.05) is 59.1 Å². The van der Waals surface area contributed by atoms with Crippen LogP contribution in [0.3, 0.4) is 0 Å². The predicted octanol–water partition coefficient (Wildman–Crippen LogP) is 7.08. The van der Waals surface area contributed by atoms with Gasteiger partial charge in [0.05, 0.1) is 34.0 Å². The number of urea groups is 1. The molecule has 1 saturated heterocycles. The largest absolute Gasteiger partial charge is 0.493 e. The van der Waals surface area contributed by atoms with E-state index in [0.29, 0.717) is 61.2 Å². The molecule has 0 spiro atoms. The van der Waals surface area contributed by atoms with Crippen LogP contribution in [0.2, 0.25) is 10.0 Å². The molecule has 1 fully saturated rings. The zero-order valence-corrected chi connectivity index (χ0v) is 35.7. The fourth-order valence-corrected chi connectivity index (χ4v) is 10.3. The van der Waals surface area contributed by atoms with Gasteiger partial charge >= 0.3 is 6.03 Å². The number of hydrogen-bond donors (Lipinski definition) is 1. The summed E-state index contributed by atoms with van der Waals surface area (Å²) in [5, 5.41) is 1.09. The maximum atomic E-state index is 15.3. The Kier molecular flexibility index (Phi) is 12.6. The minimum Gasteiger partial charge on any atom is -0.493 e. The molecule has 1 N–H and O–H groups in total. The number of amidine groups is 1. The highest BCUT2D eigenvalue weighted by Crippen LogP contribution is 2.54. The molecule has 0 radical (unpaired) electrons. The van der Waals surface area contributed by atoms with E-state index in [1.54, 1.807) is 42.7 Å². The van der Waals surface area contributed by atoms with Gasteiger partial charge in [0, 0.05) is 60.0 Å². The van der Waals surface area contributed by atoms with E-state index in [0.717, 1.165) is 5.56 Å². The lowest BCUT2D eigenvalue weighted by atomic mass is 9.66. The van der Waals surface area contributed by atoms with E-state index in [2.05, 4.69) is 9.62 Å². The number of nitrogens with one attached hydrogen (secondary N) is 1. The van der Waals surface area contributed by atoms with Crippen molar-refractivity contribution < 1.29 is 26.4 Å². The molecule has 1 aliphatic carbocycles. The second kappa shape index (κ2) is 16.1. The van der Waals surface area contributed by atoms with Crippen molar-refractivity contribution in [3.63, 3.8) is 0 Å². The Bertz CT molecular complexity index is 2060. The van der Waals surface area contributed by atoms with Gasteiger partial charge in [-0.2, -0.15) is 0 Å². The number of nitrogens with zero attached hydrogens (tertiary/aromatic N) is 4. The van der Waals surface area contributed by atoms with Crippen molar-refractivity contribution in [1.82, 2.24) is 19.4 Å². The molecule has 2 aromatic carbocycles. The number of carbonyl (C=O) groups is 1. The van der Waals surface area contributed by atoms with Crippen molar-refractivity contribution in [1.29, 1.82) is 0 Å². The summed E-state index contributed by atoms with van der Waals surface area (Å²) in [4.78, 5) is 26.2. The Hall–Kier alpha value is -2.65. The summed E-state index contributed by atoms with van der Waals surface area (Å²) in [5.41, 5.74) is -1.94. The summed E-state index contributed by atoms with van der Waals surface area (Å²) in [5.74, 6) is 0.361. The number of benzene rings is 2. The van der Waals surface area contributed by atoms with Crippen LogP contribution in [0.5, 0.6) is 5.75 Å². The molecule has 0 aromatic heterocycles. The van der Waals surface area contributed by atoms with Crippen LogP contribution in [0.4, 0.5) is 4.79 Å². The highest BCUT2D eigenvalue weighted by Gasteiger charge is 2.62. The molecule has 16 heteroatoms. The summed E-state index contributed by atoms with van der Waals surface area (Å²) >= 11 is 19.5. The molecular formula is C38H50Cl3N5O6S2. The van der Waals surface area contributed by atoms with Crippen molar-refractivity contribution in [3.05, 3.63) is 80.8 Å². The Balaban J connectivity index is 1.70. The minimum absolute atomic E-state index is 0.0411. The Labute approximate surface area is 335 Å². The molecule has 0 bridgehead atoms. The third kappa shape index (κ3) is 8.98. The standard InChI is InChI=1S/C38H50Cl3N5O6S2/c1-8-52-32-25-31(41)33(54(50,51)43-36(2,3)4)24-30(32)34-42-37(5,26-10-14-28(39)15-11-26)38(6,27-12-16-29(40)17-13-27)46(34)35(47)45-21-19-44(20-22-45)18-9-23-53(7,48)49/h10,12-17,24-26,43H,8-9,11,18-23H2,1-7H3/t26?,37-,38+/m0/s1. The number of hydrogen-bond acceptors (Lipinski definition) is 8. The molecule has 296 valence electrons. The number of sulfonamides is 1. The second-order valence-electron chi connectivity index (χ2n) is 15.4. The van der Waals surface area contributed by atoms with Gasteiger partial charge in [-0.15, -0.1) is 0 Å². The third-order valence-corrected chi connectivity index (χ3v) is 14.1. The summed E-state index contributed by atoms with van der Waals surface area (Å²) in [6.07, 6.45) is 8.04. The molecule has 2 amide bonds. The molecule has 2 aromatic rings. The second-order valence-corrected chi connectivity index (χ2v) is 20.6. The van der Waals surface area contributed by atoms with E-state index in [-0.39, 0.29) is 45.8 Å². The number of amides is 2. The van der Waals surface area contributed by atoms with Gasteiger partial charge in [0.2, 0.25) is 10.0 Å². The molecule has 3 atom stereocenters. The summed E-state index contributed by atoms with van der Waals surface area (Å²) in [7, 11) is -7.24. The first-order valence-electron chi connectivity index (χ1n) is 18.0. The van der Waals surface area contributed by atoms with Crippen molar-refractivity contribution in [2.24, 2.45) is 10.9 Å². The number of rotatable bonds is 11. The number of halogens is 3. The average molecular weight is 843 g/mol. The fourth-order valence-electron chi connectivity index (χ4n) is 7.43. The first-order valence-corrected chi connectivity index (χ1v) is 22.7. The average Bonchev–Trinajstić information content (AvgIpc) is 3.31. The maximum Gasteiger partial charge on any atom is 0.326 e. The van der Waals surface area contributed by atoms with Gasteiger partial charge in [-0.3, -0.25) is 14.8 Å². The van der Waals surface area contributed by atoms with Gasteiger partial charge < -0.3 is 9.64 Å². The molecule has 5 rings (SSSR count). The monoisotopic (exact) mass is 841 g/mol. The molecule has 3 aliphatic rings. The van der Waals surface area contributed by atoms with E-state index in [1.165, 1.54) is 18.4 Å². The van der Waals surface area contributed by atoms with Crippen LogP contribution >= 0.6 is 34.8 Å². The van der Waals surface area contributed by atoms with Crippen LogP contribution in [0.1, 0.15) is 65.5 Å². The summed E-state index contributed by atoms with van der Waals surface area (Å²) < 4.78 is 60.1. The van der Waals surface area contributed by atoms with Crippen LogP contribution in [0.25, 0.3) is 0 Å². The smallest absolute Gasteiger partial charge is 0.326 e. The van der Waals surface area contributed by atoms with Gasteiger partial charge in [-0.25, -0.2) is 26.4 Å². The third-order valence-electron chi connectivity index (χ3n) is 10.3. The molecule has 54 heavy (non-hydrogen) atoms. The highest BCUT2D eigenvalue weighted by molar-refractivity contribution is 7.90. The van der Waals surface area contributed by atoms with Crippen LogP contribution in [-0.4, -0.2) is 106 Å². The number of aliphatic imine (C=N–C) groups is 1. The SMILES string of the molecule is CCOc1cc(Cl)c(S(=O)(=O)NC(C)(C)C)cc1C1=N[C@@](C)(C2C=CC(Cl)=CC2)[C@@](C)(c2ccc(Cl)cc2)N1C(=O)N1CCN(CCCS(C)(=O)=O)CC1. The van der Waals surface area contributed by atoms with Gasteiger partial charge in [0.25, 0.3) is 0 Å². The number of carbonyl (C=O) groups excluding carboxylic acids is 1. The van der Waals surface area contributed by atoms with Crippen molar-refractivity contribution in [2.45, 2.75) is 75.9 Å². The maximum absolute atomic E-state index is 15.3. The van der Waals surface area contributed by atoms with Gasteiger partial charge in [0.1, 0.15) is 26.3 Å². The van der Waals surface area contributed by atoms with E-state index in [4.69, 9.17) is 44.5 Å². The lowest BCUT2D eigenvalue weighted by Gasteiger charge is -2.49. The molecular weight excluding hydrogens is 793 g/mol. The van der Waals surface area contributed by atoms with Crippen molar-refractivity contribution in [3.8, 4) is 5.75 Å². The molecule has 0 saturated carbocycles. The number of piperazine rings is 1. The quantitative estimate of drug-likeness (QED) is 0.256. The lowest BCUT2D eigenvalue weighted by Crippen LogP contribution is -2.62. The molecule has 2 aliphatic heterocycles. The molecule has 1 unspecified atom stereocenters. The number of ether oxygens (including phenoxy) is 1.